The molecule has 0 nitrogen and oxygen atoms in total. The molecule has 0 bridgehead atoms. The molecule has 0 spiro atoms. The van der Waals surface area contributed by atoms with Crippen molar-refractivity contribution in [2.75, 3.05) is 0 Å². The molecule has 0 saturated heterocycles. The van der Waals surface area contributed by atoms with Crippen LogP contribution in [0.5, 0.6) is 0 Å². The second-order valence-corrected chi connectivity index (χ2v) is 17.1. The number of thiophene rings is 1. The highest BCUT2D eigenvalue weighted by molar-refractivity contribution is 7.26. The molecule has 0 N–H and O–H groups in total. The van der Waals surface area contributed by atoms with E-state index in [2.05, 4.69) is 196 Å². The third-order valence-electron chi connectivity index (χ3n) is 12.6. The van der Waals surface area contributed by atoms with E-state index < -0.39 is 0 Å². The van der Waals surface area contributed by atoms with Crippen molar-refractivity contribution < 1.29 is 0 Å². The van der Waals surface area contributed by atoms with Crippen molar-refractivity contribution in [1.82, 2.24) is 0 Å². The van der Waals surface area contributed by atoms with Gasteiger partial charge in [-0.2, -0.15) is 0 Å². The minimum Gasteiger partial charge on any atom is -0.135 e. The van der Waals surface area contributed by atoms with Crippen LogP contribution in [0, 0.1) is 0 Å². The predicted octanol–water partition coefficient (Wildman–Crippen LogP) is 16.0. The average Bonchev–Trinajstić information content (AvgIpc) is 3.72. The van der Waals surface area contributed by atoms with E-state index in [1.807, 2.05) is 11.3 Å². The Bertz CT molecular complexity index is 3370. The van der Waals surface area contributed by atoms with Gasteiger partial charge in [-0.3, -0.25) is 0 Å². The highest BCUT2D eigenvalue weighted by atomic mass is 32.1. The minimum atomic E-state index is -0.0150. The third kappa shape index (κ3) is 4.53. The van der Waals surface area contributed by atoms with Gasteiger partial charge in [-0.15, -0.1) is 11.3 Å². The summed E-state index contributed by atoms with van der Waals surface area (Å²) in [5.74, 6) is 0. The highest BCUT2D eigenvalue weighted by Gasteiger charge is 2.35. The van der Waals surface area contributed by atoms with E-state index in [9.17, 15) is 0 Å². The van der Waals surface area contributed by atoms with Gasteiger partial charge < -0.3 is 0 Å². The Morgan fingerprint density at radius 2 is 0.911 bits per heavy atom. The molecule has 262 valence electrons. The van der Waals surface area contributed by atoms with Gasteiger partial charge in [0.25, 0.3) is 0 Å². The normalized spacial score (nSPS) is 13.3. The first-order chi connectivity index (χ1) is 27.5. The monoisotopic (exact) mass is 728 g/mol. The molecule has 1 aliphatic carbocycles. The Morgan fingerprint density at radius 1 is 0.339 bits per heavy atom. The van der Waals surface area contributed by atoms with E-state index in [0.29, 0.717) is 0 Å². The molecule has 1 aliphatic rings. The number of rotatable bonds is 3. The first-order valence-corrected chi connectivity index (χ1v) is 20.4. The second-order valence-electron chi connectivity index (χ2n) is 16.0. The van der Waals surface area contributed by atoms with Gasteiger partial charge in [0, 0.05) is 25.6 Å². The number of hydrogen-bond donors (Lipinski definition) is 0. The maximum atomic E-state index is 2.45. The van der Waals surface area contributed by atoms with Gasteiger partial charge in [-0.25, -0.2) is 0 Å². The van der Waals surface area contributed by atoms with Crippen molar-refractivity contribution in [2.45, 2.75) is 19.3 Å². The molecule has 0 fully saturated rings. The average molecular weight is 729 g/mol. The van der Waals surface area contributed by atoms with Crippen molar-refractivity contribution >= 4 is 74.6 Å². The van der Waals surface area contributed by atoms with E-state index in [-0.39, 0.29) is 5.41 Å². The van der Waals surface area contributed by atoms with Crippen LogP contribution in [0.3, 0.4) is 0 Å². The van der Waals surface area contributed by atoms with Crippen LogP contribution in [0.2, 0.25) is 0 Å². The molecule has 10 aromatic carbocycles. The second kappa shape index (κ2) is 11.7. The molecule has 12 rings (SSSR count). The fourth-order valence-corrected chi connectivity index (χ4v) is 11.2. The lowest BCUT2D eigenvalue weighted by atomic mass is 9.81. The van der Waals surface area contributed by atoms with Gasteiger partial charge >= 0.3 is 0 Å². The fourth-order valence-electron chi connectivity index (χ4n) is 9.88. The zero-order chi connectivity index (χ0) is 37.1. The Morgan fingerprint density at radius 3 is 1.66 bits per heavy atom. The minimum absolute atomic E-state index is 0.0150. The molecule has 1 aromatic heterocycles. The smallest absolute Gasteiger partial charge is 0.0433 e. The number of benzene rings is 10. The molecule has 0 radical (unpaired) electrons. The first kappa shape index (κ1) is 31.8. The fraction of sp³-hybridized carbons (Fsp3) is 0.0545. The molecule has 56 heavy (non-hydrogen) atoms. The van der Waals surface area contributed by atoms with Crippen molar-refractivity contribution in [1.29, 1.82) is 0 Å². The van der Waals surface area contributed by atoms with Gasteiger partial charge in [0.15, 0.2) is 0 Å². The van der Waals surface area contributed by atoms with Crippen molar-refractivity contribution in [3.05, 3.63) is 193 Å². The number of fused-ring (bicyclic) bond motifs is 11. The van der Waals surface area contributed by atoms with Crippen molar-refractivity contribution in [2.24, 2.45) is 0 Å². The zero-order valence-electron chi connectivity index (χ0n) is 31.2. The predicted molar refractivity (Wildman–Crippen MR) is 243 cm³/mol. The van der Waals surface area contributed by atoms with E-state index >= 15 is 0 Å². The van der Waals surface area contributed by atoms with Crippen molar-refractivity contribution in [3.63, 3.8) is 0 Å². The zero-order valence-corrected chi connectivity index (χ0v) is 32.0. The summed E-state index contributed by atoms with van der Waals surface area (Å²) < 4.78 is 2.71. The Hall–Kier alpha value is -6.54. The van der Waals surface area contributed by atoms with Crippen LogP contribution < -0.4 is 0 Å². The SMILES string of the molecule is CC1(C)c2ccccc2-c2cc(-c3c4ccccc4c(-c4ccc(-c5ccc6cc7c(cc6c5)sc5c6ccccc6ccc75)cc4)c4ccccc34)ccc21. The maximum absolute atomic E-state index is 2.45. The molecule has 1 heteroatoms. The van der Waals surface area contributed by atoms with E-state index in [4.69, 9.17) is 0 Å². The summed E-state index contributed by atoms with van der Waals surface area (Å²) in [6, 6.07) is 68.3. The van der Waals surface area contributed by atoms with Gasteiger partial charge in [-0.05, 0) is 123 Å². The summed E-state index contributed by atoms with van der Waals surface area (Å²) in [5.41, 5.74) is 13.1. The largest absolute Gasteiger partial charge is 0.135 e. The van der Waals surface area contributed by atoms with Crippen LogP contribution in [-0.4, -0.2) is 0 Å². The first-order valence-electron chi connectivity index (χ1n) is 19.6. The molecular weight excluding hydrogens is 693 g/mol. The van der Waals surface area contributed by atoms with Gasteiger partial charge in [0.05, 0.1) is 0 Å². The molecule has 0 atom stereocenters. The molecule has 0 unspecified atom stereocenters. The Kier molecular flexibility index (Phi) is 6.66. The Labute approximate surface area is 329 Å². The lowest BCUT2D eigenvalue weighted by Crippen LogP contribution is -2.14. The summed E-state index contributed by atoms with van der Waals surface area (Å²) in [5, 5.41) is 13.0. The van der Waals surface area contributed by atoms with Crippen LogP contribution in [0.1, 0.15) is 25.0 Å². The van der Waals surface area contributed by atoms with Crippen LogP contribution in [-0.2, 0) is 5.41 Å². The molecule has 11 aromatic rings. The van der Waals surface area contributed by atoms with Crippen LogP contribution >= 0.6 is 11.3 Å². The summed E-state index contributed by atoms with van der Waals surface area (Å²) in [6.07, 6.45) is 0. The molecule has 0 amide bonds. The molecule has 1 heterocycles. The molecular formula is C55H36S. The van der Waals surface area contributed by atoms with Crippen LogP contribution in [0.4, 0.5) is 0 Å². The Balaban J connectivity index is 0.973. The lowest BCUT2D eigenvalue weighted by molar-refractivity contribution is 0.660. The van der Waals surface area contributed by atoms with E-state index in [0.717, 1.165) is 0 Å². The number of hydrogen-bond acceptors (Lipinski definition) is 1. The summed E-state index contributed by atoms with van der Waals surface area (Å²) >= 11 is 1.91. The van der Waals surface area contributed by atoms with Crippen molar-refractivity contribution in [3.8, 4) is 44.5 Å². The summed E-state index contributed by atoms with van der Waals surface area (Å²) in [6.45, 7) is 4.71. The lowest BCUT2D eigenvalue weighted by Gasteiger charge is -2.22. The quantitative estimate of drug-likeness (QED) is 0.159. The molecule has 0 aliphatic heterocycles. The van der Waals surface area contributed by atoms with Gasteiger partial charge in [0.1, 0.15) is 0 Å². The van der Waals surface area contributed by atoms with Crippen LogP contribution in [0.15, 0.2) is 182 Å². The maximum Gasteiger partial charge on any atom is 0.0433 e. The van der Waals surface area contributed by atoms with Gasteiger partial charge in [0.2, 0.25) is 0 Å². The highest BCUT2D eigenvalue weighted by Crippen LogP contribution is 2.51. The van der Waals surface area contributed by atoms with Crippen LogP contribution in [0.25, 0.3) is 108 Å². The van der Waals surface area contributed by atoms with E-state index in [1.165, 1.54) is 119 Å². The summed E-state index contributed by atoms with van der Waals surface area (Å²) in [7, 11) is 0. The topological polar surface area (TPSA) is 0 Å². The standard InChI is InChI=1S/C55H36S/c1-55(2)49-18-10-9-13-41(49)47-31-38(26-28-50(47)55)53-44-16-7-5-14-42(44)52(43-15-6-8-17-45(43)53)35-21-19-33(20-22-35)36-23-24-37-30-48-46-27-25-34-11-3-4-12-40(34)54(46)56-51(48)32-39(37)29-36/h3-32H,1-2H3. The third-order valence-corrected chi connectivity index (χ3v) is 13.8. The summed E-state index contributed by atoms with van der Waals surface area (Å²) in [4.78, 5) is 0. The van der Waals surface area contributed by atoms with Gasteiger partial charge in [-0.1, -0.05) is 172 Å². The molecule has 0 saturated carbocycles. The van der Waals surface area contributed by atoms with E-state index in [1.54, 1.807) is 0 Å².